The second-order valence-electron chi connectivity index (χ2n) is 5.98. The van der Waals surface area contributed by atoms with Crippen LogP contribution in [0, 0.1) is 13.8 Å². The quantitative estimate of drug-likeness (QED) is 0.818. The molecule has 0 radical (unpaired) electrons. The Hall–Kier alpha value is -2.82. The number of methoxy groups -OCH3 is 1. The van der Waals surface area contributed by atoms with Crippen LogP contribution >= 0.6 is 0 Å². The molecule has 0 unspecified atom stereocenters. The minimum atomic E-state index is -0.885. The van der Waals surface area contributed by atoms with Crippen LogP contribution in [0.5, 0.6) is 5.75 Å². The summed E-state index contributed by atoms with van der Waals surface area (Å²) in [4.78, 5) is 24.3. The largest absolute Gasteiger partial charge is 0.496 e. The first-order valence-electron chi connectivity index (χ1n) is 8.09. The van der Waals surface area contributed by atoms with E-state index in [2.05, 4.69) is 5.32 Å². The molecule has 5 nitrogen and oxygen atoms in total. The maximum Gasteiger partial charge on any atom is 0.311 e. The monoisotopic (exact) mass is 341 g/mol. The van der Waals surface area contributed by atoms with Gasteiger partial charge in [0, 0.05) is 11.3 Å². The summed E-state index contributed by atoms with van der Waals surface area (Å²) in [5.74, 6) is -0.219. The summed E-state index contributed by atoms with van der Waals surface area (Å²) in [7, 11) is 1.55. The molecule has 0 bridgehead atoms. The summed E-state index contributed by atoms with van der Waals surface area (Å²) >= 11 is 0. The van der Waals surface area contributed by atoms with Gasteiger partial charge in [-0.15, -0.1) is 0 Å². The lowest BCUT2D eigenvalue weighted by atomic mass is 10.1. The molecule has 0 heterocycles. The number of benzene rings is 2. The Bertz CT molecular complexity index is 753. The number of carbonyl (C=O) groups is 2. The van der Waals surface area contributed by atoms with Crippen LogP contribution in [-0.2, 0) is 20.7 Å². The van der Waals surface area contributed by atoms with Crippen molar-refractivity contribution in [1.82, 2.24) is 0 Å². The maximum absolute atomic E-state index is 12.1. The van der Waals surface area contributed by atoms with E-state index in [1.807, 2.05) is 44.2 Å². The molecule has 2 aromatic rings. The van der Waals surface area contributed by atoms with Crippen LogP contribution in [-0.4, -0.2) is 25.1 Å². The molecule has 1 amide bonds. The molecule has 0 aliphatic carbocycles. The maximum atomic E-state index is 12.1. The molecule has 0 aliphatic heterocycles. The highest BCUT2D eigenvalue weighted by atomic mass is 16.5. The first-order valence-corrected chi connectivity index (χ1v) is 8.09. The van der Waals surface area contributed by atoms with E-state index < -0.39 is 12.1 Å². The lowest BCUT2D eigenvalue weighted by Crippen LogP contribution is -2.30. The number of rotatable bonds is 6. The fraction of sp³-hybridized carbons (Fsp3) is 0.300. The molecule has 2 rings (SSSR count). The molecule has 0 aliphatic rings. The summed E-state index contributed by atoms with van der Waals surface area (Å²) in [6.07, 6.45) is -0.836. The van der Waals surface area contributed by atoms with E-state index in [1.165, 1.54) is 0 Å². The highest BCUT2D eigenvalue weighted by Crippen LogP contribution is 2.20. The molecule has 1 N–H and O–H groups in total. The molecule has 0 saturated heterocycles. The average molecular weight is 341 g/mol. The van der Waals surface area contributed by atoms with Gasteiger partial charge in [-0.05, 0) is 39.0 Å². The van der Waals surface area contributed by atoms with E-state index >= 15 is 0 Å². The topological polar surface area (TPSA) is 64.6 Å². The van der Waals surface area contributed by atoms with E-state index in [0.29, 0.717) is 11.4 Å². The number of anilines is 1. The molecular weight excluding hydrogens is 318 g/mol. The lowest BCUT2D eigenvalue weighted by Gasteiger charge is -2.15. The number of esters is 1. The van der Waals surface area contributed by atoms with Crippen molar-refractivity contribution in [2.45, 2.75) is 33.3 Å². The standard InChI is InChI=1S/C20H23NO4/c1-13-5-8-17(9-6-13)21-20(23)15(3)25-19(22)12-16-11-14(2)7-10-18(16)24-4/h5-11,15H,12H2,1-4H3,(H,21,23)/t15-/m1/s1. The van der Waals surface area contributed by atoms with Gasteiger partial charge in [-0.25, -0.2) is 0 Å². The van der Waals surface area contributed by atoms with Gasteiger partial charge in [0.2, 0.25) is 0 Å². The number of hydrogen-bond acceptors (Lipinski definition) is 4. The fourth-order valence-electron chi connectivity index (χ4n) is 2.37. The van der Waals surface area contributed by atoms with E-state index in [1.54, 1.807) is 26.2 Å². The van der Waals surface area contributed by atoms with Crippen molar-refractivity contribution in [3.05, 3.63) is 59.2 Å². The predicted octanol–water partition coefficient (Wildman–Crippen LogP) is 3.42. The van der Waals surface area contributed by atoms with Crippen molar-refractivity contribution in [3.8, 4) is 5.75 Å². The molecule has 0 fully saturated rings. The fourth-order valence-corrected chi connectivity index (χ4v) is 2.37. The minimum Gasteiger partial charge on any atom is -0.496 e. The van der Waals surface area contributed by atoms with Crippen molar-refractivity contribution in [2.24, 2.45) is 0 Å². The SMILES string of the molecule is COc1ccc(C)cc1CC(=O)O[C@H](C)C(=O)Nc1ccc(C)cc1. The lowest BCUT2D eigenvalue weighted by molar-refractivity contribution is -0.152. The Balaban J connectivity index is 1.94. The van der Waals surface area contributed by atoms with Crippen LogP contribution in [0.2, 0.25) is 0 Å². The van der Waals surface area contributed by atoms with Crippen molar-refractivity contribution in [3.63, 3.8) is 0 Å². The first-order chi connectivity index (χ1) is 11.9. The summed E-state index contributed by atoms with van der Waals surface area (Å²) in [6.45, 7) is 5.45. The average Bonchev–Trinajstić information content (AvgIpc) is 2.57. The third kappa shape index (κ3) is 5.35. The number of aryl methyl sites for hydroxylation is 2. The van der Waals surface area contributed by atoms with E-state index in [9.17, 15) is 9.59 Å². The third-order valence-electron chi connectivity index (χ3n) is 3.77. The van der Waals surface area contributed by atoms with Crippen LogP contribution in [0.1, 0.15) is 23.6 Å². The van der Waals surface area contributed by atoms with Crippen LogP contribution in [0.3, 0.4) is 0 Å². The van der Waals surface area contributed by atoms with Gasteiger partial charge in [-0.2, -0.15) is 0 Å². The molecular formula is C20H23NO4. The highest BCUT2D eigenvalue weighted by Gasteiger charge is 2.19. The molecule has 0 saturated carbocycles. The minimum absolute atomic E-state index is 0.0486. The molecule has 132 valence electrons. The number of carbonyl (C=O) groups excluding carboxylic acids is 2. The molecule has 0 spiro atoms. The van der Waals surface area contributed by atoms with Crippen LogP contribution in [0.25, 0.3) is 0 Å². The van der Waals surface area contributed by atoms with Gasteiger partial charge in [0.05, 0.1) is 13.5 Å². The Morgan fingerprint density at radius 1 is 1.04 bits per heavy atom. The van der Waals surface area contributed by atoms with Gasteiger partial charge in [-0.1, -0.05) is 35.4 Å². The number of ether oxygens (including phenoxy) is 2. The van der Waals surface area contributed by atoms with Crippen LogP contribution in [0.15, 0.2) is 42.5 Å². The summed E-state index contributed by atoms with van der Waals surface area (Å²) in [6, 6.07) is 13.0. The number of nitrogens with one attached hydrogen (secondary N) is 1. The zero-order valence-electron chi connectivity index (χ0n) is 15.0. The van der Waals surface area contributed by atoms with Gasteiger partial charge in [-0.3, -0.25) is 9.59 Å². The van der Waals surface area contributed by atoms with Gasteiger partial charge in [0.1, 0.15) is 5.75 Å². The number of amides is 1. The normalized spacial score (nSPS) is 11.5. The third-order valence-corrected chi connectivity index (χ3v) is 3.77. The zero-order chi connectivity index (χ0) is 18.4. The van der Waals surface area contributed by atoms with Gasteiger partial charge in [0.15, 0.2) is 6.10 Å². The second kappa shape index (κ2) is 8.33. The molecule has 1 atom stereocenters. The van der Waals surface area contributed by atoms with E-state index in [0.717, 1.165) is 16.7 Å². The summed E-state index contributed by atoms with van der Waals surface area (Å²) in [5.41, 5.74) is 3.52. The van der Waals surface area contributed by atoms with E-state index in [4.69, 9.17) is 9.47 Å². The van der Waals surface area contributed by atoms with Crippen LogP contribution in [0.4, 0.5) is 5.69 Å². The Kier molecular flexibility index (Phi) is 6.17. The smallest absolute Gasteiger partial charge is 0.311 e. The Morgan fingerprint density at radius 3 is 2.32 bits per heavy atom. The zero-order valence-corrected chi connectivity index (χ0v) is 15.0. The van der Waals surface area contributed by atoms with Crippen molar-refractivity contribution in [2.75, 3.05) is 12.4 Å². The Morgan fingerprint density at radius 2 is 1.68 bits per heavy atom. The molecule has 0 aromatic heterocycles. The number of hydrogen-bond donors (Lipinski definition) is 1. The van der Waals surface area contributed by atoms with Gasteiger partial charge in [0.25, 0.3) is 5.91 Å². The second-order valence-corrected chi connectivity index (χ2v) is 5.98. The highest BCUT2D eigenvalue weighted by molar-refractivity contribution is 5.95. The van der Waals surface area contributed by atoms with Crippen molar-refractivity contribution in [1.29, 1.82) is 0 Å². The van der Waals surface area contributed by atoms with E-state index in [-0.39, 0.29) is 12.3 Å². The Labute approximate surface area is 148 Å². The van der Waals surface area contributed by atoms with Gasteiger partial charge < -0.3 is 14.8 Å². The van der Waals surface area contributed by atoms with Crippen LogP contribution < -0.4 is 10.1 Å². The predicted molar refractivity (Wildman–Crippen MR) is 96.8 cm³/mol. The van der Waals surface area contributed by atoms with Crippen molar-refractivity contribution >= 4 is 17.6 Å². The van der Waals surface area contributed by atoms with Gasteiger partial charge >= 0.3 is 5.97 Å². The first kappa shape index (κ1) is 18.5. The molecule has 2 aromatic carbocycles. The molecule has 25 heavy (non-hydrogen) atoms. The summed E-state index contributed by atoms with van der Waals surface area (Å²) < 4.78 is 10.5. The molecule has 5 heteroatoms. The van der Waals surface area contributed by atoms with Crippen molar-refractivity contribution < 1.29 is 19.1 Å². The summed E-state index contributed by atoms with van der Waals surface area (Å²) in [5, 5.41) is 2.73.